The Morgan fingerprint density at radius 2 is 2.29 bits per heavy atom. The average Bonchev–Trinajstić information content (AvgIpc) is 2.23. The van der Waals surface area contributed by atoms with Crippen molar-refractivity contribution in [3.63, 3.8) is 0 Å². The fourth-order valence-electron chi connectivity index (χ4n) is 1.07. The molecule has 0 saturated carbocycles. The number of isothiocyanates is 1. The van der Waals surface area contributed by atoms with E-state index in [1.165, 1.54) is 0 Å². The Hall–Kier alpha value is -0.600. The van der Waals surface area contributed by atoms with Gasteiger partial charge in [0.25, 0.3) is 0 Å². The molecule has 0 saturated heterocycles. The summed E-state index contributed by atoms with van der Waals surface area (Å²) in [5.41, 5.74) is -0.394. The van der Waals surface area contributed by atoms with Crippen LogP contribution in [0, 0.1) is 10.3 Å². The zero-order chi connectivity index (χ0) is 11.0. The van der Waals surface area contributed by atoms with E-state index in [1.54, 1.807) is 0 Å². The molecule has 0 aromatic carbocycles. The molecule has 14 heavy (non-hydrogen) atoms. The van der Waals surface area contributed by atoms with Crippen LogP contribution in [0.1, 0.15) is 39.5 Å². The molecular formula is C10H19N2OS-. The second-order valence-corrected chi connectivity index (χ2v) is 5.31. The van der Waals surface area contributed by atoms with Crippen LogP contribution in [0.2, 0.25) is 0 Å². The first-order valence-corrected chi connectivity index (χ1v) is 6.52. The van der Waals surface area contributed by atoms with Gasteiger partial charge in [0.2, 0.25) is 0 Å². The fraction of sp³-hybridized carbons (Fsp3) is 0.800. The number of hydrogen-bond acceptors (Lipinski definition) is 4. The van der Waals surface area contributed by atoms with Gasteiger partial charge in [-0.25, -0.2) is 5.37 Å². The third-order valence-corrected chi connectivity index (χ3v) is 3.49. The smallest absolute Gasteiger partial charge is 0.0996 e. The number of nitrogens with zero attached hydrogens (tertiary/aromatic N) is 1. The molecule has 0 amide bonds. The number of unbranched alkanes of at least 4 members (excludes halogenated alkanes) is 1. The van der Waals surface area contributed by atoms with Crippen molar-refractivity contribution in [2.24, 2.45) is 5.18 Å². The van der Waals surface area contributed by atoms with Crippen molar-refractivity contribution in [2.75, 3.05) is 6.26 Å². The van der Waals surface area contributed by atoms with Crippen molar-refractivity contribution in [3.8, 4) is 0 Å². The van der Waals surface area contributed by atoms with Gasteiger partial charge < -0.3 is 10.1 Å². The van der Waals surface area contributed by atoms with E-state index in [0.29, 0.717) is 0 Å². The molecular weight excluding hydrogens is 196 g/mol. The van der Waals surface area contributed by atoms with E-state index in [9.17, 15) is 4.91 Å². The van der Waals surface area contributed by atoms with Crippen LogP contribution < -0.4 is 0 Å². The van der Waals surface area contributed by atoms with Crippen LogP contribution in [0.5, 0.6) is 0 Å². The van der Waals surface area contributed by atoms with Crippen LogP contribution in [-0.4, -0.2) is 22.3 Å². The summed E-state index contributed by atoms with van der Waals surface area (Å²) in [6.07, 6.45) is 5.50. The highest BCUT2D eigenvalue weighted by Gasteiger charge is 2.21. The summed E-state index contributed by atoms with van der Waals surface area (Å²) in [7, 11) is -0.126. The molecule has 0 fully saturated rings. The van der Waals surface area contributed by atoms with Crippen LogP contribution in [0.4, 0.5) is 0 Å². The van der Waals surface area contributed by atoms with Crippen molar-refractivity contribution in [3.05, 3.63) is 4.91 Å². The minimum absolute atomic E-state index is 0.126. The number of nitroso groups, excluding NO2 is 1. The second-order valence-electron chi connectivity index (χ2n) is 3.66. The largest absolute Gasteiger partial charge is 0.417 e. The van der Waals surface area contributed by atoms with Gasteiger partial charge in [0.05, 0.1) is 5.54 Å². The first-order chi connectivity index (χ1) is 6.58. The summed E-state index contributed by atoms with van der Waals surface area (Å²) in [4.78, 5) is 10.5. The summed E-state index contributed by atoms with van der Waals surface area (Å²) < 4.78 is 0. The van der Waals surface area contributed by atoms with Gasteiger partial charge in [-0.2, -0.15) is 10.1 Å². The maximum atomic E-state index is 10.5. The lowest BCUT2D eigenvalue weighted by Gasteiger charge is -2.18. The molecule has 3 nitrogen and oxygen atoms in total. The van der Waals surface area contributed by atoms with E-state index < -0.39 is 5.54 Å². The lowest BCUT2D eigenvalue weighted by atomic mass is 9.93. The summed E-state index contributed by atoms with van der Waals surface area (Å²) in [5.74, 6) is 0. The molecule has 0 radical (unpaired) electrons. The Bertz CT molecular complexity index is 288. The molecule has 0 heterocycles. The highest BCUT2D eigenvalue weighted by molar-refractivity contribution is 7.92. The Kier molecular flexibility index (Phi) is 6.50. The van der Waals surface area contributed by atoms with Gasteiger partial charge in [0.1, 0.15) is 0 Å². The molecule has 0 aliphatic heterocycles. The molecule has 0 rings (SSSR count). The standard InChI is InChI=1S/C10H19N2OS/c1-4-10(2,12-13)7-5-6-8-14(3)9-11/h8,11H,4-7H2,1-3H3/q-1. The van der Waals surface area contributed by atoms with Crippen LogP contribution in [0.25, 0.3) is 0 Å². The van der Waals surface area contributed by atoms with Gasteiger partial charge in [0, 0.05) is 0 Å². The zero-order valence-corrected chi connectivity index (χ0v) is 9.99. The van der Waals surface area contributed by atoms with Crippen LogP contribution >= 0.6 is 0 Å². The highest BCUT2D eigenvalue weighted by Crippen LogP contribution is 2.21. The maximum absolute atomic E-state index is 10.5. The van der Waals surface area contributed by atoms with Crippen LogP contribution in [0.15, 0.2) is 5.18 Å². The molecule has 0 bridgehead atoms. The molecule has 1 N–H and O–H groups in total. The van der Waals surface area contributed by atoms with Crippen LogP contribution in [-0.2, 0) is 10.1 Å². The highest BCUT2D eigenvalue weighted by atomic mass is 32.2. The topological polar surface area (TPSA) is 53.3 Å². The molecule has 1 unspecified atom stereocenters. The van der Waals surface area contributed by atoms with E-state index in [0.717, 1.165) is 25.7 Å². The van der Waals surface area contributed by atoms with E-state index in [-0.39, 0.29) is 10.1 Å². The van der Waals surface area contributed by atoms with Gasteiger partial charge in [0.15, 0.2) is 0 Å². The molecule has 82 valence electrons. The molecule has 0 spiro atoms. The molecule has 1 atom stereocenters. The molecule has 0 aromatic rings. The average molecular weight is 215 g/mol. The number of hydrogen-bond donors (Lipinski definition) is 1. The van der Waals surface area contributed by atoms with E-state index in [1.807, 2.05) is 20.1 Å². The van der Waals surface area contributed by atoms with Gasteiger partial charge in [-0.3, -0.25) is 5.41 Å². The molecule has 0 aromatic heterocycles. The lowest BCUT2D eigenvalue weighted by molar-refractivity contribution is 0.409. The minimum Gasteiger partial charge on any atom is -0.417 e. The van der Waals surface area contributed by atoms with Crippen molar-refractivity contribution < 1.29 is 0 Å². The van der Waals surface area contributed by atoms with Crippen molar-refractivity contribution in [2.45, 2.75) is 45.1 Å². The maximum Gasteiger partial charge on any atom is 0.0996 e. The Morgan fingerprint density at radius 1 is 1.64 bits per heavy atom. The summed E-state index contributed by atoms with van der Waals surface area (Å²) in [5, 5.41) is 14.6. The number of nitrogens with one attached hydrogen (secondary N) is 1. The Labute approximate surface area is 87.9 Å². The molecule has 4 heteroatoms. The Balaban J connectivity index is 3.96. The first-order valence-electron chi connectivity index (χ1n) is 4.83. The first kappa shape index (κ1) is 13.4. The summed E-state index contributed by atoms with van der Waals surface area (Å²) in [6, 6.07) is 0. The predicted octanol–water partition coefficient (Wildman–Crippen LogP) is 2.63. The molecule has 0 aliphatic carbocycles. The normalized spacial score (nSPS) is 17.1. The van der Waals surface area contributed by atoms with Crippen molar-refractivity contribution >= 4 is 20.6 Å². The van der Waals surface area contributed by atoms with Gasteiger partial charge >= 0.3 is 0 Å². The Morgan fingerprint density at radius 3 is 2.71 bits per heavy atom. The molecule has 0 aliphatic rings. The van der Waals surface area contributed by atoms with E-state index in [4.69, 9.17) is 5.41 Å². The summed E-state index contributed by atoms with van der Waals surface area (Å²) >= 11 is 0. The number of rotatable bonds is 6. The van der Waals surface area contributed by atoms with E-state index in [2.05, 4.69) is 15.7 Å². The van der Waals surface area contributed by atoms with E-state index >= 15 is 0 Å². The fourth-order valence-corrected chi connectivity index (χ4v) is 1.68. The third kappa shape index (κ3) is 5.20. The lowest BCUT2D eigenvalue weighted by Crippen LogP contribution is -2.19. The van der Waals surface area contributed by atoms with Gasteiger partial charge in [-0.05, 0) is 26.2 Å². The quantitative estimate of drug-likeness (QED) is 0.239. The van der Waals surface area contributed by atoms with Gasteiger partial charge in [-0.1, -0.05) is 18.5 Å². The second kappa shape index (κ2) is 6.80. The summed E-state index contributed by atoms with van der Waals surface area (Å²) in [6.45, 7) is 3.88. The monoisotopic (exact) mass is 215 g/mol. The zero-order valence-electron chi connectivity index (χ0n) is 9.17. The van der Waals surface area contributed by atoms with Crippen molar-refractivity contribution in [1.29, 1.82) is 5.41 Å². The van der Waals surface area contributed by atoms with Crippen molar-refractivity contribution in [1.82, 2.24) is 0 Å². The van der Waals surface area contributed by atoms with Gasteiger partial charge in [-0.15, -0.1) is 6.26 Å². The van der Waals surface area contributed by atoms with Crippen LogP contribution in [0.3, 0.4) is 0 Å². The minimum atomic E-state index is -0.394. The SMILES string of the molecule is CCC(C)(CCCC=[S-](C)=C=N)N=O. The predicted molar refractivity (Wildman–Crippen MR) is 65.4 cm³/mol. The third-order valence-electron chi connectivity index (χ3n) is 2.43.